The molecule has 0 radical (unpaired) electrons. The van der Waals surface area contributed by atoms with Gasteiger partial charge in [0.2, 0.25) is 0 Å². The second-order valence-corrected chi connectivity index (χ2v) is 6.81. The quantitative estimate of drug-likeness (QED) is 0.826. The maximum Gasteiger partial charge on any atom is 0.304 e. The van der Waals surface area contributed by atoms with Gasteiger partial charge in [-0.2, -0.15) is 17.0 Å². The molecule has 1 N–H and O–H groups in total. The fraction of sp³-hybridized carbons (Fsp3) is 0.462. The number of aliphatic carboxylic acids is 1. The summed E-state index contributed by atoms with van der Waals surface area (Å²) in [5.74, 6) is -1.46. The highest BCUT2D eigenvalue weighted by Gasteiger charge is 2.28. The van der Waals surface area contributed by atoms with Gasteiger partial charge in [-0.25, -0.2) is 4.39 Å². The number of rotatable bonds is 7. The third-order valence-corrected chi connectivity index (χ3v) is 5.31. The van der Waals surface area contributed by atoms with Crippen LogP contribution in [-0.2, 0) is 15.0 Å². The molecule has 1 unspecified atom stereocenters. The topological polar surface area (TPSA) is 77.9 Å². The Bertz CT molecular complexity index is 589. The van der Waals surface area contributed by atoms with Crippen LogP contribution < -0.4 is 0 Å². The van der Waals surface area contributed by atoms with E-state index in [4.69, 9.17) is 5.11 Å². The fourth-order valence-corrected chi connectivity index (χ4v) is 3.02. The maximum atomic E-state index is 12.9. The van der Waals surface area contributed by atoms with Crippen LogP contribution in [0, 0.1) is 5.82 Å². The van der Waals surface area contributed by atoms with Gasteiger partial charge in [0.1, 0.15) is 5.82 Å². The zero-order chi connectivity index (χ0) is 16.2. The second-order valence-electron chi connectivity index (χ2n) is 4.72. The maximum absolute atomic E-state index is 12.9. The molecular weight excluding hydrogens is 299 g/mol. The highest BCUT2D eigenvalue weighted by atomic mass is 32.2. The molecule has 1 rings (SSSR count). The number of nitrogens with zero attached hydrogens (tertiary/aromatic N) is 2. The molecule has 0 spiro atoms. The summed E-state index contributed by atoms with van der Waals surface area (Å²) in [6, 6.07) is 5.07. The minimum atomic E-state index is -3.78. The summed E-state index contributed by atoms with van der Waals surface area (Å²) >= 11 is 0. The molecule has 0 fully saturated rings. The Morgan fingerprint density at radius 1 is 1.29 bits per heavy atom. The lowest BCUT2D eigenvalue weighted by atomic mass is 10.1. The van der Waals surface area contributed by atoms with E-state index < -0.39 is 28.0 Å². The van der Waals surface area contributed by atoms with Gasteiger partial charge in [0.05, 0.1) is 6.42 Å². The molecule has 0 aliphatic rings. The first-order valence-corrected chi connectivity index (χ1v) is 7.72. The molecule has 6 nitrogen and oxygen atoms in total. The molecule has 0 amide bonds. The van der Waals surface area contributed by atoms with E-state index in [2.05, 4.69) is 0 Å². The van der Waals surface area contributed by atoms with Crippen LogP contribution in [0.4, 0.5) is 4.39 Å². The summed E-state index contributed by atoms with van der Waals surface area (Å²) in [6.07, 6.45) is -0.269. The molecule has 118 valence electrons. The van der Waals surface area contributed by atoms with Gasteiger partial charge >= 0.3 is 5.97 Å². The lowest BCUT2D eigenvalue weighted by Crippen LogP contribution is -2.41. The van der Waals surface area contributed by atoms with Crippen molar-refractivity contribution in [3.63, 3.8) is 0 Å². The van der Waals surface area contributed by atoms with Crippen LogP contribution in [0.2, 0.25) is 0 Å². The molecule has 1 aromatic carbocycles. The van der Waals surface area contributed by atoms with Gasteiger partial charge in [0.25, 0.3) is 10.2 Å². The minimum Gasteiger partial charge on any atom is -0.481 e. The first-order chi connectivity index (χ1) is 9.66. The standard InChI is InChI=1S/C13H19FN2O4S/c1-10(11-4-6-12(14)7-5-11)16(3)21(19,20)15(2)9-8-13(17)18/h4-7,10H,8-9H2,1-3H3,(H,17,18). The Hall–Kier alpha value is -1.51. The smallest absolute Gasteiger partial charge is 0.304 e. The van der Waals surface area contributed by atoms with Crippen LogP contribution >= 0.6 is 0 Å². The van der Waals surface area contributed by atoms with Crippen LogP contribution in [0.15, 0.2) is 24.3 Å². The molecule has 21 heavy (non-hydrogen) atoms. The number of carboxylic acids is 1. The zero-order valence-corrected chi connectivity index (χ0v) is 13.0. The molecule has 0 bridgehead atoms. The number of carboxylic acid groups (broad SMARTS) is 1. The monoisotopic (exact) mass is 318 g/mol. The van der Waals surface area contributed by atoms with Crippen molar-refractivity contribution < 1.29 is 22.7 Å². The van der Waals surface area contributed by atoms with Gasteiger partial charge in [0.15, 0.2) is 0 Å². The van der Waals surface area contributed by atoms with E-state index in [9.17, 15) is 17.6 Å². The molecule has 0 saturated carbocycles. The van der Waals surface area contributed by atoms with Gasteiger partial charge in [-0.05, 0) is 24.6 Å². The summed E-state index contributed by atoms with van der Waals surface area (Å²) in [5.41, 5.74) is 0.647. The lowest BCUT2D eigenvalue weighted by molar-refractivity contribution is -0.137. The van der Waals surface area contributed by atoms with Gasteiger partial charge in [-0.15, -0.1) is 0 Å². The summed E-state index contributed by atoms with van der Waals surface area (Å²) < 4.78 is 39.6. The van der Waals surface area contributed by atoms with Crippen molar-refractivity contribution in [2.45, 2.75) is 19.4 Å². The first-order valence-electron chi connectivity index (χ1n) is 6.32. The molecular formula is C13H19FN2O4S. The van der Waals surface area contributed by atoms with Gasteiger partial charge in [-0.3, -0.25) is 4.79 Å². The van der Waals surface area contributed by atoms with Gasteiger partial charge in [0, 0.05) is 26.7 Å². The number of hydrogen-bond donors (Lipinski definition) is 1. The van der Waals surface area contributed by atoms with E-state index in [0.29, 0.717) is 5.56 Å². The number of benzene rings is 1. The number of carbonyl (C=O) groups is 1. The Morgan fingerprint density at radius 3 is 2.29 bits per heavy atom. The molecule has 0 heterocycles. The largest absolute Gasteiger partial charge is 0.481 e. The van der Waals surface area contributed by atoms with Crippen molar-refractivity contribution >= 4 is 16.2 Å². The van der Waals surface area contributed by atoms with Gasteiger partial charge in [-0.1, -0.05) is 12.1 Å². The highest BCUT2D eigenvalue weighted by Crippen LogP contribution is 2.23. The lowest BCUT2D eigenvalue weighted by Gasteiger charge is -2.29. The predicted molar refractivity (Wildman–Crippen MR) is 76.4 cm³/mol. The minimum absolute atomic E-state index is 0.113. The summed E-state index contributed by atoms with van der Waals surface area (Å²) in [6.45, 7) is 1.56. The molecule has 0 saturated heterocycles. The van der Waals surface area contributed by atoms with Crippen LogP contribution in [0.3, 0.4) is 0 Å². The van der Waals surface area contributed by atoms with Crippen LogP contribution in [0.5, 0.6) is 0 Å². The van der Waals surface area contributed by atoms with Crippen molar-refractivity contribution in [3.8, 4) is 0 Å². The van der Waals surface area contributed by atoms with Crippen molar-refractivity contribution in [3.05, 3.63) is 35.6 Å². The molecule has 8 heteroatoms. The molecule has 1 aromatic rings. The number of halogens is 1. The van der Waals surface area contributed by atoms with E-state index in [0.717, 1.165) is 8.61 Å². The van der Waals surface area contributed by atoms with Gasteiger partial charge < -0.3 is 5.11 Å². The average molecular weight is 318 g/mol. The van der Waals surface area contributed by atoms with Crippen molar-refractivity contribution in [1.82, 2.24) is 8.61 Å². The van der Waals surface area contributed by atoms with E-state index >= 15 is 0 Å². The molecule has 0 aromatic heterocycles. The SMILES string of the molecule is CC(c1ccc(F)cc1)N(C)S(=O)(=O)N(C)CCC(=O)O. The Balaban J connectivity index is 2.86. The van der Waals surface area contributed by atoms with Crippen LogP contribution in [-0.4, -0.2) is 48.7 Å². The molecule has 1 atom stereocenters. The van der Waals surface area contributed by atoms with Crippen LogP contribution in [0.25, 0.3) is 0 Å². The summed E-state index contributed by atoms with van der Waals surface area (Å²) in [4.78, 5) is 10.5. The van der Waals surface area contributed by atoms with Crippen molar-refractivity contribution in [1.29, 1.82) is 0 Å². The zero-order valence-electron chi connectivity index (χ0n) is 12.2. The summed E-state index contributed by atoms with van der Waals surface area (Å²) in [5, 5.41) is 8.61. The highest BCUT2D eigenvalue weighted by molar-refractivity contribution is 7.86. The Labute approximate surface area is 124 Å². The number of hydrogen-bond acceptors (Lipinski definition) is 3. The third kappa shape index (κ3) is 4.48. The predicted octanol–water partition coefficient (Wildman–Crippen LogP) is 1.47. The first kappa shape index (κ1) is 17.5. The third-order valence-electron chi connectivity index (χ3n) is 3.30. The Kier molecular flexibility index (Phi) is 5.82. The van der Waals surface area contributed by atoms with E-state index in [1.807, 2.05) is 0 Å². The normalized spacial score (nSPS) is 13.6. The van der Waals surface area contributed by atoms with Crippen molar-refractivity contribution in [2.24, 2.45) is 0 Å². The van der Waals surface area contributed by atoms with E-state index in [1.54, 1.807) is 6.92 Å². The molecule has 0 aliphatic heterocycles. The second kappa shape index (κ2) is 6.97. The van der Waals surface area contributed by atoms with E-state index in [-0.39, 0.29) is 13.0 Å². The molecule has 0 aliphatic carbocycles. The summed E-state index contributed by atoms with van der Waals surface area (Å²) in [7, 11) is -1.05. The van der Waals surface area contributed by atoms with Crippen LogP contribution in [0.1, 0.15) is 24.9 Å². The van der Waals surface area contributed by atoms with Crippen molar-refractivity contribution in [2.75, 3.05) is 20.6 Å². The average Bonchev–Trinajstić information content (AvgIpc) is 2.43. The Morgan fingerprint density at radius 2 is 1.81 bits per heavy atom. The van der Waals surface area contributed by atoms with E-state index in [1.165, 1.54) is 38.4 Å². The fourth-order valence-electron chi connectivity index (χ4n) is 1.74.